The lowest BCUT2D eigenvalue weighted by Crippen LogP contribution is -2.42. The maximum Gasteiger partial charge on any atom is 0.255 e. The Labute approximate surface area is 125 Å². The molecule has 0 unspecified atom stereocenters. The van der Waals surface area contributed by atoms with Gasteiger partial charge in [0, 0.05) is 12.1 Å². The first-order chi connectivity index (χ1) is 9.95. The molecule has 0 fully saturated rings. The quantitative estimate of drug-likeness (QED) is 0.853. The average Bonchev–Trinajstić information content (AvgIpc) is 2.44. The molecular weight excluding hydrogens is 260 g/mol. The van der Waals surface area contributed by atoms with E-state index in [2.05, 4.69) is 6.07 Å². The fourth-order valence-electron chi connectivity index (χ4n) is 2.71. The molecule has 0 N–H and O–H groups in total. The fourth-order valence-corrected chi connectivity index (χ4v) is 2.71. The van der Waals surface area contributed by atoms with E-state index >= 15 is 0 Å². The minimum Gasteiger partial charge on any atom is -0.334 e. The van der Waals surface area contributed by atoms with Crippen LogP contribution in [0.25, 0.3) is 10.8 Å². The molecule has 0 bridgehead atoms. The van der Waals surface area contributed by atoms with Gasteiger partial charge in [-0.1, -0.05) is 24.3 Å². The molecular formula is C18H20N2O. The molecule has 0 spiro atoms. The van der Waals surface area contributed by atoms with E-state index in [1.165, 1.54) is 0 Å². The van der Waals surface area contributed by atoms with Crippen LogP contribution >= 0.6 is 0 Å². The standard InChI is InChI=1S/C18H20N2O/c1-12(2)20(13(3)4)18(21)17-10-15-8-6-5-7-14(15)9-16(17)11-19/h5-10,12-13H,1-4H3. The molecule has 0 saturated carbocycles. The lowest BCUT2D eigenvalue weighted by atomic mass is 9.99. The summed E-state index contributed by atoms with van der Waals surface area (Å²) >= 11 is 0. The van der Waals surface area contributed by atoms with Crippen molar-refractivity contribution in [1.29, 1.82) is 5.26 Å². The van der Waals surface area contributed by atoms with E-state index in [1.54, 1.807) is 6.07 Å². The minimum atomic E-state index is -0.0812. The molecule has 2 rings (SSSR count). The summed E-state index contributed by atoms with van der Waals surface area (Å²) < 4.78 is 0. The summed E-state index contributed by atoms with van der Waals surface area (Å²) in [6.45, 7) is 7.96. The first-order valence-electron chi connectivity index (χ1n) is 7.21. The lowest BCUT2D eigenvalue weighted by Gasteiger charge is -2.31. The second-order valence-corrected chi connectivity index (χ2v) is 5.76. The number of carbonyl (C=O) groups is 1. The zero-order chi connectivity index (χ0) is 15.6. The number of carbonyl (C=O) groups excluding carboxylic acids is 1. The monoisotopic (exact) mass is 280 g/mol. The first-order valence-corrected chi connectivity index (χ1v) is 7.21. The molecule has 0 aromatic heterocycles. The van der Waals surface area contributed by atoms with Crippen molar-refractivity contribution in [3.05, 3.63) is 47.5 Å². The third-order valence-electron chi connectivity index (χ3n) is 3.58. The van der Waals surface area contributed by atoms with Gasteiger partial charge in [-0.3, -0.25) is 4.79 Å². The normalized spacial score (nSPS) is 10.9. The van der Waals surface area contributed by atoms with Crippen LogP contribution in [0.5, 0.6) is 0 Å². The molecule has 3 heteroatoms. The molecule has 0 saturated heterocycles. The van der Waals surface area contributed by atoms with Gasteiger partial charge in [-0.05, 0) is 50.6 Å². The highest BCUT2D eigenvalue weighted by Crippen LogP contribution is 2.22. The van der Waals surface area contributed by atoms with Gasteiger partial charge in [0.1, 0.15) is 0 Å². The number of nitrogens with zero attached hydrogens (tertiary/aromatic N) is 2. The molecule has 1 amide bonds. The van der Waals surface area contributed by atoms with Crippen LogP contribution in [-0.2, 0) is 0 Å². The van der Waals surface area contributed by atoms with Gasteiger partial charge in [0.05, 0.1) is 17.2 Å². The fraction of sp³-hybridized carbons (Fsp3) is 0.333. The Kier molecular flexibility index (Phi) is 4.28. The highest BCUT2D eigenvalue weighted by Gasteiger charge is 2.24. The third kappa shape index (κ3) is 2.90. The zero-order valence-corrected chi connectivity index (χ0v) is 12.9. The van der Waals surface area contributed by atoms with Crippen LogP contribution in [0.15, 0.2) is 36.4 Å². The van der Waals surface area contributed by atoms with E-state index in [4.69, 9.17) is 0 Å². The molecule has 0 radical (unpaired) electrons. The van der Waals surface area contributed by atoms with Crippen LogP contribution in [0.2, 0.25) is 0 Å². The van der Waals surface area contributed by atoms with Gasteiger partial charge in [-0.2, -0.15) is 5.26 Å². The Hall–Kier alpha value is -2.34. The van der Waals surface area contributed by atoms with Crippen molar-refractivity contribution in [1.82, 2.24) is 4.90 Å². The molecule has 0 aliphatic carbocycles. The Morgan fingerprint density at radius 3 is 2.05 bits per heavy atom. The van der Waals surface area contributed by atoms with Gasteiger partial charge in [0.15, 0.2) is 0 Å². The summed E-state index contributed by atoms with van der Waals surface area (Å²) in [6, 6.07) is 13.7. The molecule has 3 nitrogen and oxygen atoms in total. The Morgan fingerprint density at radius 1 is 1.05 bits per heavy atom. The summed E-state index contributed by atoms with van der Waals surface area (Å²) in [6.07, 6.45) is 0. The SMILES string of the molecule is CC(C)N(C(=O)c1cc2ccccc2cc1C#N)C(C)C. The van der Waals surface area contributed by atoms with Crippen molar-refractivity contribution in [2.24, 2.45) is 0 Å². The largest absolute Gasteiger partial charge is 0.334 e. The Bertz CT molecular complexity index is 703. The summed E-state index contributed by atoms with van der Waals surface area (Å²) in [5.41, 5.74) is 0.920. The van der Waals surface area contributed by atoms with Crippen LogP contribution in [0.4, 0.5) is 0 Å². The highest BCUT2D eigenvalue weighted by atomic mass is 16.2. The van der Waals surface area contributed by atoms with Gasteiger partial charge in [0.25, 0.3) is 5.91 Å². The third-order valence-corrected chi connectivity index (χ3v) is 3.58. The zero-order valence-electron chi connectivity index (χ0n) is 12.9. The molecule has 21 heavy (non-hydrogen) atoms. The highest BCUT2D eigenvalue weighted by molar-refractivity contribution is 6.01. The Morgan fingerprint density at radius 2 is 1.57 bits per heavy atom. The lowest BCUT2D eigenvalue weighted by molar-refractivity contribution is 0.0643. The maximum absolute atomic E-state index is 12.8. The van der Waals surface area contributed by atoms with Crippen LogP contribution in [-0.4, -0.2) is 22.9 Å². The molecule has 0 atom stereocenters. The predicted molar refractivity (Wildman–Crippen MR) is 85.1 cm³/mol. The summed E-state index contributed by atoms with van der Waals surface area (Å²) in [5.74, 6) is -0.0812. The van der Waals surface area contributed by atoms with Gasteiger partial charge in [0.2, 0.25) is 0 Å². The van der Waals surface area contributed by atoms with E-state index in [1.807, 2.05) is 62.9 Å². The number of fused-ring (bicyclic) bond motifs is 1. The molecule has 2 aromatic carbocycles. The number of amides is 1. The molecule has 0 heterocycles. The number of benzene rings is 2. The van der Waals surface area contributed by atoms with Crippen LogP contribution in [0.3, 0.4) is 0 Å². The topological polar surface area (TPSA) is 44.1 Å². The summed E-state index contributed by atoms with van der Waals surface area (Å²) in [4.78, 5) is 14.6. The van der Waals surface area contributed by atoms with Crippen molar-refractivity contribution >= 4 is 16.7 Å². The molecule has 2 aromatic rings. The van der Waals surface area contributed by atoms with Gasteiger partial charge in [-0.25, -0.2) is 0 Å². The van der Waals surface area contributed by atoms with Crippen molar-refractivity contribution in [3.8, 4) is 6.07 Å². The van der Waals surface area contributed by atoms with Gasteiger partial charge >= 0.3 is 0 Å². The smallest absolute Gasteiger partial charge is 0.255 e. The number of hydrogen-bond acceptors (Lipinski definition) is 2. The second-order valence-electron chi connectivity index (χ2n) is 5.76. The average molecular weight is 280 g/mol. The van der Waals surface area contributed by atoms with Gasteiger partial charge in [-0.15, -0.1) is 0 Å². The summed E-state index contributed by atoms with van der Waals surface area (Å²) in [7, 11) is 0. The number of nitriles is 1. The molecule has 108 valence electrons. The van der Waals surface area contributed by atoms with Gasteiger partial charge < -0.3 is 4.90 Å². The van der Waals surface area contributed by atoms with E-state index in [0.717, 1.165) is 10.8 Å². The number of hydrogen-bond donors (Lipinski definition) is 0. The van der Waals surface area contributed by atoms with Crippen LogP contribution in [0.1, 0.15) is 43.6 Å². The van der Waals surface area contributed by atoms with Crippen molar-refractivity contribution in [2.45, 2.75) is 39.8 Å². The maximum atomic E-state index is 12.8. The number of rotatable bonds is 3. The van der Waals surface area contributed by atoms with Crippen molar-refractivity contribution in [3.63, 3.8) is 0 Å². The van der Waals surface area contributed by atoms with E-state index in [9.17, 15) is 10.1 Å². The van der Waals surface area contributed by atoms with E-state index < -0.39 is 0 Å². The minimum absolute atomic E-state index is 0.0812. The molecule has 0 aliphatic rings. The van der Waals surface area contributed by atoms with Crippen molar-refractivity contribution in [2.75, 3.05) is 0 Å². The second kappa shape index (κ2) is 5.97. The van der Waals surface area contributed by atoms with E-state index in [0.29, 0.717) is 11.1 Å². The van der Waals surface area contributed by atoms with Crippen LogP contribution < -0.4 is 0 Å². The van der Waals surface area contributed by atoms with Crippen LogP contribution in [0, 0.1) is 11.3 Å². The van der Waals surface area contributed by atoms with E-state index in [-0.39, 0.29) is 18.0 Å². The summed E-state index contributed by atoms with van der Waals surface area (Å²) in [5, 5.41) is 11.3. The Balaban J connectivity index is 2.59. The predicted octanol–water partition coefficient (Wildman–Crippen LogP) is 3.97. The van der Waals surface area contributed by atoms with Crippen molar-refractivity contribution < 1.29 is 4.79 Å². The molecule has 0 aliphatic heterocycles. The first kappa shape index (κ1) is 15.1.